The van der Waals surface area contributed by atoms with E-state index < -0.39 is 19.4 Å². The number of hydrogen-bond acceptors (Lipinski definition) is 8. The largest absolute Gasteiger partial charge is 0.600 e. The summed E-state index contributed by atoms with van der Waals surface area (Å²) in [5.74, 6) is -0.189. The Kier molecular flexibility index (Phi) is 7.57. The number of ether oxygens (including phenoxy) is 2. The molecule has 4 aromatic carbocycles. The van der Waals surface area contributed by atoms with Gasteiger partial charge in [-0.3, -0.25) is 0 Å². The molecule has 0 radical (unpaired) electrons. The van der Waals surface area contributed by atoms with Crippen LogP contribution >= 0.6 is 31.3 Å². The zero-order valence-corrected chi connectivity index (χ0v) is 24.5. The van der Waals surface area contributed by atoms with E-state index in [2.05, 4.69) is 4.95 Å². The van der Waals surface area contributed by atoms with Crippen molar-refractivity contribution in [1.29, 1.82) is 0 Å². The maximum absolute atomic E-state index is 14.9. The fourth-order valence-corrected chi connectivity index (χ4v) is 7.73. The SMILES string of the molecule is COc1cccc2c1Sc1c(F)cccc1C=C2OP(=O)(N=O)OC1=Cc2cccc(F)c2Sc2c(OC)cccc21. The van der Waals surface area contributed by atoms with Gasteiger partial charge in [0, 0.05) is 11.1 Å². The van der Waals surface area contributed by atoms with Crippen LogP contribution < -0.4 is 9.47 Å². The first kappa shape index (κ1) is 28.1. The first-order valence-corrected chi connectivity index (χ1v) is 15.5. The molecular weight excluding hydrogens is 603 g/mol. The molecule has 2 heterocycles. The van der Waals surface area contributed by atoms with E-state index in [-0.39, 0.29) is 11.5 Å². The highest BCUT2D eigenvalue weighted by atomic mass is 32.2. The second kappa shape index (κ2) is 11.3. The number of fused-ring (bicyclic) bond motifs is 4. The van der Waals surface area contributed by atoms with Crippen LogP contribution in [0.5, 0.6) is 11.5 Å². The van der Waals surface area contributed by atoms with Crippen molar-refractivity contribution in [2.75, 3.05) is 14.2 Å². The molecule has 0 N–H and O–H groups in total. The Labute approximate surface area is 248 Å². The molecule has 0 bridgehead atoms. The van der Waals surface area contributed by atoms with E-state index in [0.717, 1.165) is 23.5 Å². The second-order valence-electron chi connectivity index (χ2n) is 8.94. The lowest BCUT2D eigenvalue weighted by atomic mass is 10.1. The minimum absolute atomic E-state index is 0.0374. The average molecular weight is 624 g/mol. The summed E-state index contributed by atoms with van der Waals surface area (Å²) in [4.78, 5) is 16.6. The van der Waals surface area contributed by atoms with Gasteiger partial charge in [0.2, 0.25) is 0 Å². The summed E-state index contributed by atoms with van der Waals surface area (Å²) in [5.41, 5.74) is 1.63. The van der Waals surface area contributed by atoms with E-state index >= 15 is 0 Å². The number of methoxy groups -OCH3 is 2. The minimum Gasteiger partial charge on any atom is -0.496 e. The van der Waals surface area contributed by atoms with Crippen LogP contribution in [0.15, 0.2) is 97.3 Å². The predicted molar refractivity (Wildman–Crippen MR) is 158 cm³/mol. The van der Waals surface area contributed by atoms with Crippen molar-refractivity contribution in [2.45, 2.75) is 19.6 Å². The summed E-state index contributed by atoms with van der Waals surface area (Å²) in [5, 5.41) is 0. The zero-order chi connectivity index (χ0) is 29.4. The van der Waals surface area contributed by atoms with Gasteiger partial charge in [0.25, 0.3) is 0 Å². The van der Waals surface area contributed by atoms with E-state index in [1.807, 2.05) is 0 Å². The van der Waals surface area contributed by atoms with E-state index in [4.69, 9.17) is 18.5 Å². The summed E-state index contributed by atoms with van der Waals surface area (Å²) in [6, 6.07) is 19.1. The fourth-order valence-electron chi connectivity index (χ4n) is 4.54. The third kappa shape index (κ3) is 5.08. The third-order valence-corrected chi connectivity index (χ3v) is 10.0. The molecular formula is C30H20F2NO6PS2. The van der Waals surface area contributed by atoms with Gasteiger partial charge < -0.3 is 18.5 Å². The van der Waals surface area contributed by atoms with E-state index in [9.17, 15) is 18.3 Å². The van der Waals surface area contributed by atoms with Gasteiger partial charge in [-0.05, 0) is 59.7 Å². The molecule has 0 saturated carbocycles. The van der Waals surface area contributed by atoms with Crippen molar-refractivity contribution >= 4 is 54.9 Å². The van der Waals surface area contributed by atoms with Gasteiger partial charge in [-0.15, -0.1) is 4.91 Å². The molecule has 0 aromatic heterocycles. The number of benzene rings is 4. The number of nitroso groups, excluding NO2 is 1. The normalized spacial score (nSPS) is 13.5. The number of nitrogens with zero attached hydrogens (tertiary/aromatic N) is 1. The molecule has 42 heavy (non-hydrogen) atoms. The summed E-state index contributed by atoms with van der Waals surface area (Å²) in [6.07, 6.45) is 2.94. The lowest BCUT2D eigenvalue weighted by molar-refractivity contribution is 0.353. The van der Waals surface area contributed by atoms with Gasteiger partial charge >= 0.3 is 7.75 Å². The average Bonchev–Trinajstić information content (AvgIpc) is 3.26. The maximum atomic E-state index is 14.9. The molecule has 0 atom stereocenters. The van der Waals surface area contributed by atoms with E-state index in [1.54, 1.807) is 48.5 Å². The monoisotopic (exact) mass is 623 g/mol. The predicted octanol–water partition coefficient (Wildman–Crippen LogP) is 9.52. The number of rotatable bonds is 7. The van der Waals surface area contributed by atoms with Gasteiger partial charge in [0.1, 0.15) is 34.7 Å². The van der Waals surface area contributed by atoms with Crippen molar-refractivity contribution < 1.29 is 31.9 Å². The Balaban J connectivity index is 1.48. The lowest BCUT2D eigenvalue weighted by Crippen LogP contribution is -1.98. The molecule has 12 heteroatoms. The van der Waals surface area contributed by atoms with Crippen LogP contribution in [0.1, 0.15) is 22.3 Å². The van der Waals surface area contributed by atoms with Crippen LogP contribution in [0, 0.1) is 16.5 Å². The highest BCUT2D eigenvalue weighted by Crippen LogP contribution is 2.60. The minimum atomic E-state index is -4.84. The molecule has 0 fully saturated rings. The van der Waals surface area contributed by atoms with Gasteiger partial charge in [0.15, 0.2) is 0 Å². The van der Waals surface area contributed by atoms with Gasteiger partial charge in [0.05, 0.1) is 38.7 Å². The van der Waals surface area contributed by atoms with E-state index in [0.29, 0.717) is 53.3 Å². The topological polar surface area (TPSA) is 83.4 Å². The second-order valence-corrected chi connectivity index (χ2v) is 12.5. The molecule has 0 aliphatic carbocycles. The fraction of sp³-hybridized carbons (Fsp3) is 0.0667. The highest BCUT2D eigenvalue weighted by Gasteiger charge is 2.37. The first-order valence-electron chi connectivity index (χ1n) is 12.4. The van der Waals surface area contributed by atoms with Crippen LogP contribution in [-0.4, -0.2) is 14.2 Å². The third-order valence-electron chi connectivity index (χ3n) is 6.43. The van der Waals surface area contributed by atoms with Gasteiger partial charge in [-0.1, -0.05) is 59.9 Å². The Hall–Kier alpha value is -4.05. The lowest BCUT2D eigenvalue weighted by Gasteiger charge is -2.19. The Bertz CT molecular complexity index is 1730. The molecule has 212 valence electrons. The molecule has 2 aliphatic heterocycles. The number of hydrogen-bond donors (Lipinski definition) is 0. The van der Waals surface area contributed by atoms with Crippen molar-refractivity contribution in [1.82, 2.24) is 0 Å². The van der Waals surface area contributed by atoms with Crippen molar-refractivity contribution in [3.63, 3.8) is 0 Å². The van der Waals surface area contributed by atoms with Gasteiger partial charge in [-0.25, -0.2) is 13.3 Å². The summed E-state index contributed by atoms with van der Waals surface area (Å²) in [7, 11) is -1.90. The van der Waals surface area contributed by atoms with Crippen LogP contribution in [0.3, 0.4) is 0 Å². The summed E-state index contributed by atoms with van der Waals surface area (Å²) >= 11 is 2.22. The first-order chi connectivity index (χ1) is 20.3. The van der Waals surface area contributed by atoms with Crippen molar-refractivity contribution in [3.05, 3.63) is 112 Å². The number of halogens is 2. The molecule has 4 aromatic rings. The van der Waals surface area contributed by atoms with Crippen molar-refractivity contribution in [3.8, 4) is 11.5 Å². The van der Waals surface area contributed by atoms with Crippen molar-refractivity contribution in [2.24, 2.45) is 4.95 Å². The smallest absolute Gasteiger partial charge is 0.496 e. The molecule has 6 rings (SSSR count). The molecule has 7 nitrogen and oxygen atoms in total. The highest BCUT2D eigenvalue weighted by molar-refractivity contribution is 8.00. The summed E-state index contributed by atoms with van der Waals surface area (Å²) in [6.45, 7) is 0. The standard InChI is InChI=1S/C30H20F2NO6PS2/c1-36-23-13-5-9-19-25(15-17-7-3-11-21(31)27(17)41-29(19)23)38-40(35,33-34)39-26-16-18-8-4-12-22(32)28(18)42-30-20(26)10-6-14-24(30)37-2/h3-16H,1-2H3. The maximum Gasteiger partial charge on any atom is 0.600 e. The van der Waals surface area contributed by atoms with Gasteiger partial charge in [-0.2, -0.15) is 0 Å². The van der Waals surface area contributed by atoms with Crippen LogP contribution in [0.25, 0.3) is 23.7 Å². The van der Waals surface area contributed by atoms with Crippen LogP contribution in [0.4, 0.5) is 8.78 Å². The molecule has 2 aliphatic rings. The van der Waals surface area contributed by atoms with Crippen LogP contribution in [-0.2, 0) is 13.6 Å². The van der Waals surface area contributed by atoms with Crippen LogP contribution in [0.2, 0.25) is 0 Å². The Morgan fingerprint density at radius 3 is 1.48 bits per heavy atom. The molecule has 0 amide bonds. The Morgan fingerprint density at radius 2 is 1.07 bits per heavy atom. The quantitative estimate of drug-likeness (QED) is 0.149. The summed E-state index contributed by atoms with van der Waals surface area (Å²) < 4.78 is 66.4. The molecule has 0 saturated heterocycles. The molecule has 0 spiro atoms. The van der Waals surface area contributed by atoms with E-state index in [1.165, 1.54) is 50.6 Å². The molecule has 0 unspecified atom stereocenters. The zero-order valence-electron chi connectivity index (χ0n) is 22.0. The Morgan fingerprint density at radius 1 is 0.643 bits per heavy atom.